The molecular formula is C15H20BrN3. The summed E-state index contributed by atoms with van der Waals surface area (Å²) in [4.78, 5) is 0. The van der Waals surface area contributed by atoms with Gasteiger partial charge in [-0.3, -0.25) is 4.68 Å². The lowest BCUT2D eigenvalue weighted by Gasteiger charge is -2.12. The Labute approximate surface area is 123 Å². The molecular weight excluding hydrogens is 302 g/mol. The monoisotopic (exact) mass is 321 g/mol. The van der Waals surface area contributed by atoms with E-state index in [1.54, 1.807) is 0 Å². The Kier molecular flexibility index (Phi) is 4.75. The standard InChI is InChI=1S/C15H20BrN3/c1-4-12-6-7-13(9-15(12)16)11(3)8-14-10-19(5-2)18-17-14/h6-7,9-11H,4-5,8H2,1-3H3. The van der Waals surface area contributed by atoms with Gasteiger partial charge in [-0.15, -0.1) is 5.10 Å². The van der Waals surface area contributed by atoms with Gasteiger partial charge in [-0.25, -0.2) is 0 Å². The summed E-state index contributed by atoms with van der Waals surface area (Å²) in [6.07, 6.45) is 4.02. The van der Waals surface area contributed by atoms with E-state index in [2.05, 4.69) is 65.2 Å². The van der Waals surface area contributed by atoms with Gasteiger partial charge in [0.15, 0.2) is 0 Å². The van der Waals surface area contributed by atoms with E-state index in [4.69, 9.17) is 0 Å². The first-order chi connectivity index (χ1) is 9.13. The van der Waals surface area contributed by atoms with Crippen LogP contribution in [0.5, 0.6) is 0 Å². The maximum absolute atomic E-state index is 4.21. The highest BCUT2D eigenvalue weighted by molar-refractivity contribution is 9.10. The Morgan fingerprint density at radius 3 is 2.68 bits per heavy atom. The summed E-state index contributed by atoms with van der Waals surface area (Å²) in [6.45, 7) is 7.35. The van der Waals surface area contributed by atoms with Gasteiger partial charge in [-0.05, 0) is 42.9 Å². The number of nitrogens with zero attached hydrogens (tertiary/aromatic N) is 3. The second-order valence-electron chi connectivity index (χ2n) is 4.88. The largest absolute Gasteiger partial charge is 0.253 e. The summed E-state index contributed by atoms with van der Waals surface area (Å²) >= 11 is 3.64. The van der Waals surface area contributed by atoms with Crippen LogP contribution in [0.2, 0.25) is 0 Å². The molecule has 4 heteroatoms. The van der Waals surface area contributed by atoms with Crippen LogP contribution in [0.15, 0.2) is 28.9 Å². The first-order valence-corrected chi connectivity index (χ1v) is 7.60. The predicted molar refractivity (Wildman–Crippen MR) is 81.3 cm³/mol. The van der Waals surface area contributed by atoms with Gasteiger partial charge in [0.25, 0.3) is 0 Å². The van der Waals surface area contributed by atoms with E-state index < -0.39 is 0 Å². The van der Waals surface area contributed by atoms with Crippen molar-refractivity contribution in [3.8, 4) is 0 Å². The van der Waals surface area contributed by atoms with Crippen molar-refractivity contribution in [1.82, 2.24) is 15.0 Å². The van der Waals surface area contributed by atoms with Crippen molar-refractivity contribution in [2.45, 2.75) is 46.1 Å². The van der Waals surface area contributed by atoms with Gasteiger partial charge in [0.2, 0.25) is 0 Å². The fourth-order valence-corrected chi connectivity index (χ4v) is 2.85. The quantitative estimate of drug-likeness (QED) is 0.834. The smallest absolute Gasteiger partial charge is 0.0833 e. The highest BCUT2D eigenvalue weighted by Gasteiger charge is 2.11. The van der Waals surface area contributed by atoms with Crippen molar-refractivity contribution in [3.05, 3.63) is 45.7 Å². The molecule has 0 bridgehead atoms. The van der Waals surface area contributed by atoms with E-state index in [1.165, 1.54) is 15.6 Å². The molecule has 0 radical (unpaired) electrons. The van der Waals surface area contributed by atoms with E-state index in [-0.39, 0.29) is 0 Å². The number of aromatic nitrogens is 3. The minimum Gasteiger partial charge on any atom is -0.253 e. The molecule has 0 aliphatic heterocycles. The van der Waals surface area contributed by atoms with E-state index in [9.17, 15) is 0 Å². The molecule has 0 fully saturated rings. The lowest BCUT2D eigenvalue weighted by Crippen LogP contribution is -2.00. The van der Waals surface area contributed by atoms with E-state index >= 15 is 0 Å². The number of benzene rings is 1. The molecule has 2 aromatic rings. The molecule has 1 atom stereocenters. The number of halogens is 1. The predicted octanol–water partition coefficient (Wildman–Crippen LogP) is 3.97. The third kappa shape index (κ3) is 3.44. The van der Waals surface area contributed by atoms with Crippen LogP contribution in [0.4, 0.5) is 0 Å². The van der Waals surface area contributed by atoms with Gasteiger partial charge >= 0.3 is 0 Å². The molecule has 0 aliphatic rings. The zero-order valence-corrected chi connectivity index (χ0v) is 13.3. The van der Waals surface area contributed by atoms with Crippen LogP contribution < -0.4 is 0 Å². The summed E-state index contributed by atoms with van der Waals surface area (Å²) in [5, 5.41) is 8.29. The summed E-state index contributed by atoms with van der Waals surface area (Å²) < 4.78 is 3.08. The molecule has 3 nitrogen and oxygen atoms in total. The summed E-state index contributed by atoms with van der Waals surface area (Å²) in [5.74, 6) is 0.448. The second kappa shape index (κ2) is 6.33. The van der Waals surface area contributed by atoms with Crippen molar-refractivity contribution >= 4 is 15.9 Å². The zero-order valence-electron chi connectivity index (χ0n) is 11.7. The van der Waals surface area contributed by atoms with Gasteiger partial charge < -0.3 is 0 Å². The molecule has 0 spiro atoms. The van der Waals surface area contributed by atoms with Crippen LogP contribution in [0.1, 0.15) is 43.5 Å². The molecule has 1 aromatic heterocycles. The number of hydrogen-bond donors (Lipinski definition) is 0. The SMILES string of the molecule is CCc1ccc(C(C)Cc2cn(CC)nn2)cc1Br. The molecule has 1 unspecified atom stereocenters. The van der Waals surface area contributed by atoms with Gasteiger partial charge in [0, 0.05) is 17.2 Å². The zero-order chi connectivity index (χ0) is 13.8. The Hall–Kier alpha value is -1.16. The molecule has 1 aromatic carbocycles. The molecule has 0 aliphatic carbocycles. The van der Waals surface area contributed by atoms with Crippen molar-refractivity contribution in [1.29, 1.82) is 0 Å². The first kappa shape index (κ1) is 14.3. The van der Waals surface area contributed by atoms with Gasteiger partial charge in [-0.1, -0.05) is 47.1 Å². The van der Waals surface area contributed by atoms with E-state index in [0.717, 1.165) is 25.1 Å². The fourth-order valence-electron chi connectivity index (χ4n) is 2.17. The minimum atomic E-state index is 0.448. The van der Waals surface area contributed by atoms with Crippen LogP contribution in [0.3, 0.4) is 0 Å². The summed E-state index contributed by atoms with van der Waals surface area (Å²) in [7, 11) is 0. The third-order valence-electron chi connectivity index (χ3n) is 3.45. The van der Waals surface area contributed by atoms with Crippen molar-refractivity contribution in [2.75, 3.05) is 0 Å². The fraction of sp³-hybridized carbons (Fsp3) is 0.467. The minimum absolute atomic E-state index is 0.448. The van der Waals surface area contributed by atoms with Gasteiger partial charge in [-0.2, -0.15) is 0 Å². The van der Waals surface area contributed by atoms with Crippen molar-refractivity contribution < 1.29 is 0 Å². The molecule has 1 heterocycles. The second-order valence-corrected chi connectivity index (χ2v) is 5.73. The van der Waals surface area contributed by atoms with Crippen LogP contribution in [-0.4, -0.2) is 15.0 Å². The molecule has 0 saturated carbocycles. The maximum atomic E-state index is 4.21. The van der Waals surface area contributed by atoms with Crippen LogP contribution in [-0.2, 0) is 19.4 Å². The van der Waals surface area contributed by atoms with E-state index in [1.807, 2.05) is 10.9 Å². The maximum Gasteiger partial charge on any atom is 0.0833 e. The molecule has 2 rings (SSSR count). The normalized spacial score (nSPS) is 12.6. The van der Waals surface area contributed by atoms with Crippen LogP contribution in [0, 0.1) is 0 Å². The highest BCUT2D eigenvalue weighted by Crippen LogP contribution is 2.25. The van der Waals surface area contributed by atoms with Crippen LogP contribution >= 0.6 is 15.9 Å². The topological polar surface area (TPSA) is 30.7 Å². The van der Waals surface area contributed by atoms with Crippen molar-refractivity contribution in [2.24, 2.45) is 0 Å². The molecule has 0 saturated heterocycles. The Bertz CT molecular complexity index is 548. The average molecular weight is 322 g/mol. The average Bonchev–Trinajstić information content (AvgIpc) is 2.86. The highest BCUT2D eigenvalue weighted by atomic mass is 79.9. The molecule has 19 heavy (non-hydrogen) atoms. The van der Waals surface area contributed by atoms with Gasteiger partial charge in [0.1, 0.15) is 0 Å². The van der Waals surface area contributed by atoms with Crippen molar-refractivity contribution in [3.63, 3.8) is 0 Å². The molecule has 0 N–H and O–H groups in total. The Morgan fingerprint density at radius 1 is 1.32 bits per heavy atom. The summed E-state index contributed by atoms with van der Waals surface area (Å²) in [6, 6.07) is 6.66. The number of hydrogen-bond acceptors (Lipinski definition) is 2. The lowest BCUT2D eigenvalue weighted by atomic mass is 9.95. The third-order valence-corrected chi connectivity index (χ3v) is 4.19. The lowest BCUT2D eigenvalue weighted by molar-refractivity contribution is 0.626. The summed E-state index contributed by atoms with van der Waals surface area (Å²) in [5.41, 5.74) is 3.76. The first-order valence-electron chi connectivity index (χ1n) is 6.81. The molecule has 102 valence electrons. The number of aryl methyl sites for hydroxylation is 2. The Morgan fingerprint density at radius 2 is 2.11 bits per heavy atom. The molecule has 0 amide bonds. The number of rotatable bonds is 5. The van der Waals surface area contributed by atoms with Crippen LogP contribution in [0.25, 0.3) is 0 Å². The Balaban J connectivity index is 2.10. The van der Waals surface area contributed by atoms with E-state index in [0.29, 0.717) is 5.92 Å². The van der Waals surface area contributed by atoms with Gasteiger partial charge in [0.05, 0.1) is 5.69 Å².